The minimum Gasteiger partial charge on any atom is -0.870 e. The predicted molar refractivity (Wildman–Crippen MR) is 17.4 cm³/mol. The zero-order valence-electron chi connectivity index (χ0n) is 3.67. The number of hydrogen-bond donors (Lipinski definition) is 0. The van der Waals surface area contributed by atoms with E-state index in [9.17, 15) is 0 Å². The van der Waals surface area contributed by atoms with E-state index in [0.717, 1.165) is 0 Å². The molecule has 0 aromatic rings. The molecule has 8 heteroatoms. The van der Waals surface area contributed by atoms with Gasteiger partial charge in [0.2, 0.25) is 0 Å². The zero-order chi connectivity index (χ0) is 0. The Kier molecular flexibility index (Phi) is 53200. The molecule has 0 bridgehead atoms. The van der Waals surface area contributed by atoms with Gasteiger partial charge >= 0.3 is 34.7 Å². The topological polar surface area (TPSA) is 180 Å². The van der Waals surface area contributed by atoms with Gasteiger partial charge in [0.1, 0.15) is 0 Å². The Balaban J connectivity index is 0. The molecule has 0 atom stereocenters. The molecule has 6 nitrogen and oxygen atoms in total. The predicted octanol–water partition coefficient (Wildman–Crippen LogP) is -1.44. The van der Waals surface area contributed by atoms with Crippen molar-refractivity contribution in [3.05, 3.63) is 0 Å². The fraction of sp³-hybridized carbons (Fsp3) is 0. The van der Waals surface area contributed by atoms with Crippen LogP contribution in [0.4, 0.5) is 0 Å². The molecule has 0 heterocycles. The van der Waals surface area contributed by atoms with Crippen molar-refractivity contribution in [2.24, 2.45) is 0 Å². The second-order valence-electron chi connectivity index (χ2n) is 0. The molecule has 0 aliphatic carbocycles. The standard InChI is InChI=1S/Al.Cr.6H2O/h;;6*1H2/q2*+3;;;;;;/p-6. The van der Waals surface area contributed by atoms with E-state index in [-0.39, 0.29) is 67.6 Å². The van der Waals surface area contributed by atoms with Crippen LogP contribution in [0.5, 0.6) is 0 Å². The van der Waals surface area contributed by atoms with E-state index < -0.39 is 0 Å². The summed E-state index contributed by atoms with van der Waals surface area (Å²) in [5.74, 6) is 0. The van der Waals surface area contributed by atoms with Crippen molar-refractivity contribution in [2.45, 2.75) is 0 Å². The first-order valence-electron chi connectivity index (χ1n) is 0. The van der Waals surface area contributed by atoms with Crippen molar-refractivity contribution >= 4 is 17.4 Å². The Hall–Kier alpha value is 0.825. The normalized spacial score (nSPS) is 0. The molecular formula is H6AlCrO6. The van der Waals surface area contributed by atoms with Crippen molar-refractivity contribution in [1.82, 2.24) is 0 Å². The van der Waals surface area contributed by atoms with Crippen LogP contribution in [0.2, 0.25) is 0 Å². The van der Waals surface area contributed by atoms with Gasteiger partial charge < -0.3 is 32.9 Å². The van der Waals surface area contributed by atoms with E-state index in [1.807, 2.05) is 0 Å². The summed E-state index contributed by atoms with van der Waals surface area (Å²) in [4.78, 5) is 0. The van der Waals surface area contributed by atoms with Crippen molar-refractivity contribution in [3.8, 4) is 0 Å². The average Bonchev–Trinajstić information content (AvgIpc) is 0. The Bertz CT molecular complexity index is 8.49. The van der Waals surface area contributed by atoms with Crippen molar-refractivity contribution in [2.75, 3.05) is 0 Å². The monoisotopic (exact) mass is 181 g/mol. The van der Waals surface area contributed by atoms with E-state index in [1.54, 1.807) is 0 Å². The summed E-state index contributed by atoms with van der Waals surface area (Å²) in [6.07, 6.45) is 0. The van der Waals surface area contributed by atoms with Gasteiger partial charge in [-0.15, -0.1) is 0 Å². The van der Waals surface area contributed by atoms with E-state index in [1.165, 1.54) is 0 Å². The maximum atomic E-state index is 0. The molecule has 0 amide bonds. The molecule has 0 spiro atoms. The molecule has 6 N–H and O–H groups in total. The van der Waals surface area contributed by atoms with Crippen LogP contribution in [-0.2, 0) is 17.4 Å². The minimum atomic E-state index is 0. The quantitative estimate of drug-likeness (QED) is 0.412. The Morgan fingerprint density at radius 1 is 0.375 bits per heavy atom. The van der Waals surface area contributed by atoms with Crippen LogP contribution in [0.25, 0.3) is 0 Å². The Labute approximate surface area is 68.0 Å². The second-order valence-corrected chi connectivity index (χ2v) is 0. The molecule has 0 aliphatic heterocycles. The zero-order valence-corrected chi connectivity index (χ0v) is 6.10. The van der Waals surface area contributed by atoms with E-state index in [2.05, 4.69) is 0 Å². The molecule has 0 fully saturated rings. The van der Waals surface area contributed by atoms with Crippen molar-refractivity contribution in [1.29, 1.82) is 0 Å². The first-order valence-corrected chi connectivity index (χ1v) is 0. The molecule has 8 heavy (non-hydrogen) atoms. The van der Waals surface area contributed by atoms with Crippen LogP contribution in [0.1, 0.15) is 0 Å². The molecule has 0 saturated heterocycles. The van der Waals surface area contributed by atoms with E-state index >= 15 is 0 Å². The smallest absolute Gasteiger partial charge is 0.870 e. The Morgan fingerprint density at radius 3 is 0.375 bits per heavy atom. The van der Waals surface area contributed by atoms with Gasteiger partial charge in [0.15, 0.2) is 0 Å². The third-order valence-electron chi connectivity index (χ3n) is 0. The summed E-state index contributed by atoms with van der Waals surface area (Å²) in [5, 5.41) is 0. The van der Waals surface area contributed by atoms with E-state index in [0.29, 0.717) is 0 Å². The molecule has 51 valence electrons. The van der Waals surface area contributed by atoms with Crippen molar-refractivity contribution in [3.63, 3.8) is 0 Å². The SMILES string of the molecule is [Al+3].[Cr+3].[OH-].[OH-].[OH-].[OH-].[OH-].[OH-]. The van der Waals surface area contributed by atoms with Gasteiger partial charge in [-0.2, -0.15) is 0 Å². The van der Waals surface area contributed by atoms with Gasteiger partial charge in [0.25, 0.3) is 0 Å². The van der Waals surface area contributed by atoms with Gasteiger partial charge in [-0.05, 0) is 0 Å². The molecule has 1 radical (unpaired) electrons. The summed E-state index contributed by atoms with van der Waals surface area (Å²) in [5.41, 5.74) is 0. The average molecular weight is 181 g/mol. The van der Waals surface area contributed by atoms with Gasteiger partial charge in [-0.3, -0.25) is 0 Å². The van der Waals surface area contributed by atoms with E-state index in [4.69, 9.17) is 0 Å². The molecule has 0 aliphatic rings. The molecule has 0 aromatic heterocycles. The summed E-state index contributed by atoms with van der Waals surface area (Å²) in [6.45, 7) is 0. The molecule has 0 unspecified atom stereocenters. The van der Waals surface area contributed by atoms with Crippen LogP contribution in [0.3, 0.4) is 0 Å². The van der Waals surface area contributed by atoms with Gasteiger partial charge in [-0.1, -0.05) is 0 Å². The number of rotatable bonds is 0. The molecule has 0 saturated carbocycles. The summed E-state index contributed by atoms with van der Waals surface area (Å²) in [7, 11) is 0. The fourth-order valence-electron chi connectivity index (χ4n) is 0. The Morgan fingerprint density at radius 2 is 0.375 bits per heavy atom. The van der Waals surface area contributed by atoms with Crippen LogP contribution in [0, 0.1) is 0 Å². The third kappa shape index (κ3) is 340. The summed E-state index contributed by atoms with van der Waals surface area (Å²) in [6, 6.07) is 0. The minimum absolute atomic E-state index is 0. The van der Waals surface area contributed by atoms with Gasteiger partial charge in [0.05, 0.1) is 0 Å². The summed E-state index contributed by atoms with van der Waals surface area (Å²) >= 11 is 0. The number of hydrogen-bond acceptors (Lipinski definition) is 6. The first kappa shape index (κ1) is 794. The van der Waals surface area contributed by atoms with Crippen LogP contribution in [0.15, 0.2) is 0 Å². The maximum Gasteiger partial charge on any atom is 3.00 e. The van der Waals surface area contributed by atoms with Gasteiger partial charge in [0, 0.05) is 0 Å². The fourth-order valence-corrected chi connectivity index (χ4v) is 0. The van der Waals surface area contributed by atoms with Gasteiger partial charge in [-0.25, -0.2) is 0 Å². The molecular weight excluding hydrogens is 175 g/mol. The molecule has 0 rings (SSSR count). The molecule has 0 aromatic carbocycles. The van der Waals surface area contributed by atoms with Crippen LogP contribution >= 0.6 is 0 Å². The first-order chi connectivity index (χ1) is 0. The summed E-state index contributed by atoms with van der Waals surface area (Å²) < 4.78 is 0. The third-order valence-corrected chi connectivity index (χ3v) is 0. The van der Waals surface area contributed by atoms with Crippen LogP contribution < -0.4 is 0 Å². The maximum absolute atomic E-state index is 0. The largest absolute Gasteiger partial charge is 3.00 e. The van der Waals surface area contributed by atoms with Crippen LogP contribution in [-0.4, -0.2) is 50.2 Å². The second kappa shape index (κ2) is 536. The van der Waals surface area contributed by atoms with Crippen molar-refractivity contribution < 1.29 is 50.2 Å².